The molecule has 31 heavy (non-hydrogen) atoms. The molecule has 6 rings (SSSR count). The predicted octanol–water partition coefficient (Wildman–Crippen LogP) is 3.79. The minimum atomic E-state index is -3.66. The summed E-state index contributed by atoms with van der Waals surface area (Å²) in [5.74, 6) is 0.360. The summed E-state index contributed by atoms with van der Waals surface area (Å²) >= 11 is 0. The van der Waals surface area contributed by atoms with Crippen molar-refractivity contribution in [1.82, 2.24) is 14.9 Å². The quantitative estimate of drug-likeness (QED) is 0.691. The predicted molar refractivity (Wildman–Crippen MR) is 108 cm³/mol. The fraction of sp³-hybridized carbons (Fsp3) is 0.391. The highest BCUT2D eigenvalue weighted by atomic mass is 19.3. The van der Waals surface area contributed by atoms with Crippen LogP contribution in [0.1, 0.15) is 36.2 Å². The first-order chi connectivity index (χ1) is 15.0. The van der Waals surface area contributed by atoms with Crippen LogP contribution in [0.2, 0.25) is 0 Å². The van der Waals surface area contributed by atoms with E-state index in [2.05, 4.69) is 14.9 Å². The SMILES string of the molecule is O=C(NC1CCc2c(c3cc4c(cc3n2Cc2ccccn2)OC(F)(F)O4)C1)C1CC1. The van der Waals surface area contributed by atoms with Gasteiger partial charge < -0.3 is 19.4 Å². The van der Waals surface area contributed by atoms with Crippen LogP contribution in [0.15, 0.2) is 36.5 Å². The van der Waals surface area contributed by atoms with Crippen molar-refractivity contribution in [2.75, 3.05) is 0 Å². The second-order valence-corrected chi connectivity index (χ2v) is 8.54. The average molecular weight is 425 g/mol. The minimum Gasteiger partial charge on any atom is -0.395 e. The van der Waals surface area contributed by atoms with Crippen LogP contribution < -0.4 is 14.8 Å². The number of fused-ring (bicyclic) bond motifs is 4. The van der Waals surface area contributed by atoms with Crippen molar-refractivity contribution in [3.63, 3.8) is 0 Å². The van der Waals surface area contributed by atoms with Gasteiger partial charge in [0.05, 0.1) is 17.8 Å². The van der Waals surface area contributed by atoms with Gasteiger partial charge in [-0.15, -0.1) is 8.78 Å². The number of pyridine rings is 1. The summed E-state index contributed by atoms with van der Waals surface area (Å²) in [6.07, 6.45) is 2.30. The monoisotopic (exact) mass is 425 g/mol. The van der Waals surface area contributed by atoms with Gasteiger partial charge in [0.25, 0.3) is 0 Å². The molecule has 8 heteroatoms. The molecular formula is C23H21F2N3O3. The summed E-state index contributed by atoms with van der Waals surface area (Å²) in [6.45, 7) is 0.530. The Morgan fingerprint density at radius 3 is 2.74 bits per heavy atom. The highest BCUT2D eigenvalue weighted by molar-refractivity contribution is 5.90. The second-order valence-electron chi connectivity index (χ2n) is 8.54. The van der Waals surface area contributed by atoms with Crippen LogP contribution in [0, 0.1) is 5.92 Å². The molecule has 1 aliphatic heterocycles. The molecular weight excluding hydrogens is 404 g/mol. The summed E-state index contributed by atoms with van der Waals surface area (Å²) in [4.78, 5) is 16.7. The first kappa shape index (κ1) is 18.6. The molecule has 1 saturated carbocycles. The zero-order valence-electron chi connectivity index (χ0n) is 16.7. The minimum absolute atomic E-state index is 0.0354. The van der Waals surface area contributed by atoms with Gasteiger partial charge in [-0.25, -0.2) is 0 Å². The van der Waals surface area contributed by atoms with E-state index in [9.17, 15) is 13.6 Å². The Morgan fingerprint density at radius 2 is 2.00 bits per heavy atom. The third kappa shape index (κ3) is 3.30. The van der Waals surface area contributed by atoms with E-state index >= 15 is 0 Å². The second kappa shape index (κ2) is 6.67. The number of nitrogens with one attached hydrogen (secondary N) is 1. The maximum atomic E-state index is 13.7. The lowest BCUT2D eigenvalue weighted by Crippen LogP contribution is -2.39. The molecule has 1 fully saturated rings. The number of ether oxygens (including phenoxy) is 2. The average Bonchev–Trinajstić information content (AvgIpc) is 3.50. The Hall–Kier alpha value is -3.16. The van der Waals surface area contributed by atoms with Crippen molar-refractivity contribution >= 4 is 16.8 Å². The van der Waals surface area contributed by atoms with Gasteiger partial charge in [0.2, 0.25) is 5.91 Å². The Balaban J connectivity index is 1.42. The number of benzene rings is 1. The van der Waals surface area contributed by atoms with E-state index in [-0.39, 0.29) is 29.4 Å². The summed E-state index contributed by atoms with van der Waals surface area (Å²) in [5, 5.41) is 4.03. The highest BCUT2D eigenvalue weighted by Crippen LogP contribution is 2.46. The van der Waals surface area contributed by atoms with Gasteiger partial charge in [-0.1, -0.05) is 6.07 Å². The molecule has 6 nitrogen and oxygen atoms in total. The number of hydrogen-bond donors (Lipinski definition) is 1. The van der Waals surface area contributed by atoms with Crippen molar-refractivity contribution in [2.45, 2.75) is 51.0 Å². The lowest BCUT2D eigenvalue weighted by Gasteiger charge is -2.25. The first-order valence-electron chi connectivity index (χ1n) is 10.6. The van der Waals surface area contributed by atoms with Crippen LogP contribution in [-0.4, -0.2) is 27.8 Å². The van der Waals surface area contributed by atoms with Gasteiger partial charge in [0, 0.05) is 35.3 Å². The third-order valence-electron chi connectivity index (χ3n) is 6.33. The summed E-state index contributed by atoms with van der Waals surface area (Å²) in [5.41, 5.74) is 3.91. The normalized spacial score (nSPS) is 21.2. The van der Waals surface area contributed by atoms with E-state index in [4.69, 9.17) is 9.47 Å². The van der Waals surface area contributed by atoms with Crippen molar-refractivity contribution in [3.8, 4) is 11.5 Å². The smallest absolute Gasteiger partial charge is 0.395 e. The Labute approximate surface area is 177 Å². The molecule has 0 saturated heterocycles. The van der Waals surface area contributed by atoms with Gasteiger partial charge in [-0.3, -0.25) is 9.78 Å². The van der Waals surface area contributed by atoms with Crippen LogP contribution in [-0.2, 0) is 24.2 Å². The number of rotatable bonds is 4. The third-order valence-corrected chi connectivity index (χ3v) is 6.33. The number of aromatic nitrogens is 2. The molecule has 2 aliphatic carbocycles. The van der Waals surface area contributed by atoms with E-state index in [0.717, 1.165) is 53.5 Å². The van der Waals surface area contributed by atoms with Gasteiger partial charge in [0.1, 0.15) is 0 Å². The van der Waals surface area contributed by atoms with Crippen LogP contribution in [0.5, 0.6) is 11.5 Å². The number of carbonyl (C=O) groups excluding carboxylic acids is 1. The maximum absolute atomic E-state index is 13.7. The zero-order valence-corrected chi connectivity index (χ0v) is 16.7. The van der Waals surface area contributed by atoms with Crippen LogP contribution in [0.3, 0.4) is 0 Å². The lowest BCUT2D eigenvalue weighted by molar-refractivity contribution is -0.286. The van der Waals surface area contributed by atoms with Gasteiger partial charge >= 0.3 is 6.29 Å². The first-order valence-corrected chi connectivity index (χ1v) is 10.6. The van der Waals surface area contributed by atoms with Crippen LogP contribution >= 0.6 is 0 Å². The molecule has 1 atom stereocenters. The fourth-order valence-corrected chi connectivity index (χ4v) is 4.71. The van der Waals surface area contributed by atoms with Crippen LogP contribution in [0.25, 0.3) is 10.9 Å². The number of nitrogens with zero attached hydrogens (tertiary/aromatic N) is 2. The van der Waals surface area contributed by atoms with Crippen molar-refractivity contribution < 1.29 is 23.0 Å². The number of amides is 1. The summed E-state index contributed by atoms with van der Waals surface area (Å²) in [6, 6.07) is 9.05. The molecule has 0 spiro atoms. The molecule has 160 valence electrons. The molecule has 0 radical (unpaired) electrons. The zero-order chi connectivity index (χ0) is 21.2. The number of carbonyl (C=O) groups is 1. The molecule has 2 aromatic heterocycles. The van der Waals surface area contributed by atoms with E-state index < -0.39 is 6.29 Å². The molecule has 1 aromatic carbocycles. The maximum Gasteiger partial charge on any atom is 0.586 e. The van der Waals surface area contributed by atoms with Gasteiger partial charge in [-0.2, -0.15) is 0 Å². The molecule has 1 unspecified atom stereocenters. The van der Waals surface area contributed by atoms with E-state index in [1.54, 1.807) is 18.3 Å². The van der Waals surface area contributed by atoms with Gasteiger partial charge in [-0.05, 0) is 55.9 Å². The van der Waals surface area contributed by atoms with Crippen molar-refractivity contribution in [3.05, 3.63) is 53.5 Å². The van der Waals surface area contributed by atoms with Gasteiger partial charge in [0.15, 0.2) is 11.5 Å². The van der Waals surface area contributed by atoms with Crippen molar-refractivity contribution in [2.24, 2.45) is 5.92 Å². The fourth-order valence-electron chi connectivity index (χ4n) is 4.71. The van der Waals surface area contributed by atoms with E-state index in [1.165, 1.54) is 0 Å². The number of alkyl halides is 2. The Morgan fingerprint density at radius 1 is 1.19 bits per heavy atom. The summed E-state index contributed by atoms with van der Waals surface area (Å²) < 4.78 is 38.9. The molecule has 3 aromatic rings. The Bertz CT molecular complexity index is 1190. The topological polar surface area (TPSA) is 65.4 Å². The standard InChI is InChI=1S/C23H21F2N3O3/c24-23(25)30-20-10-17-16-9-14(27-22(29)13-4-5-13)6-7-18(16)28(19(17)11-21(20)31-23)12-15-3-1-2-8-26-15/h1-3,8,10-11,13-14H,4-7,9,12H2,(H,27,29). The van der Waals surface area contributed by atoms with E-state index in [0.29, 0.717) is 13.0 Å². The number of hydrogen-bond acceptors (Lipinski definition) is 4. The molecule has 1 N–H and O–H groups in total. The molecule has 0 bridgehead atoms. The summed E-state index contributed by atoms with van der Waals surface area (Å²) in [7, 11) is 0. The molecule has 1 amide bonds. The lowest BCUT2D eigenvalue weighted by atomic mass is 9.91. The number of halogens is 2. The molecule has 3 heterocycles. The largest absolute Gasteiger partial charge is 0.586 e. The highest BCUT2D eigenvalue weighted by Gasteiger charge is 2.44. The van der Waals surface area contributed by atoms with Crippen molar-refractivity contribution in [1.29, 1.82) is 0 Å². The molecule has 3 aliphatic rings. The Kier molecular flexibility index (Phi) is 4.00. The van der Waals surface area contributed by atoms with Crippen LogP contribution in [0.4, 0.5) is 8.78 Å². The van der Waals surface area contributed by atoms with E-state index in [1.807, 2.05) is 18.2 Å².